The average molecular weight is 363 g/mol. The molecule has 1 saturated carbocycles. The highest BCUT2D eigenvalue weighted by molar-refractivity contribution is 7.89. The van der Waals surface area contributed by atoms with E-state index in [4.69, 9.17) is 0 Å². The second kappa shape index (κ2) is 6.87. The Morgan fingerprint density at radius 1 is 1.04 bits per heavy atom. The summed E-state index contributed by atoms with van der Waals surface area (Å²) in [6.07, 6.45) is 5.63. The number of hydrogen-bond donors (Lipinski definition) is 1. The molecule has 0 unspecified atom stereocenters. The molecule has 6 heteroatoms. The maximum absolute atomic E-state index is 12.6. The van der Waals surface area contributed by atoms with Crippen LogP contribution in [0.15, 0.2) is 59.8 Å². The van der Waals surface area contributed by atoms with Gasteiger partial charge in [-0.05, 0) is 60.9 Å². The van der Waals surface area contributed by atoms with Gasteiger partial charge in [-0.1, -0.05) is 11.8 Å². The molecule has 0 spiro atoms. The number of aromatic nitrogens is 2. The number of nitrogens with zero attached hydrogens (tertiary/aromatic N) is 2. The zero-order chi connectivity index (χ0) is 18.0. The van der Waals surface area contributed by atoms with Gasteiger partial charge >= 0.3 is 0 Å². The van der Waals surface area contributed by atoms with Crippen molar-refractivity contribution >= 4 is 21.1 Å². The predicted octanol–water partition coefficient (Wildman–Crippen LogP) is 2.87. The van der Waals surface area contributed by atoms with Crippen LogP contribution in [0.25, 0.3) is 11.0 Å². The number of rotatable bonds is 4. The Balaban J connectivity index is 1.51. The van der Waals surface area contributed by atoms with Gasteiger partial charge in [-0.2, -0.15) is 0 Å². The third-order valence-corrected chi connectivity index (χ3v) is 5.64. The maximum atomic E-state index is 12.6. The van der Waals surface area contributed by atoms with Crippen LogP contribution in [0.2, 0.25) is 0 Å². The van der Waals surface area contributed by atoms with Crippen molar-refractivity contribution in [1.29, 1.82) is 0 Å². The van der Waals surface area contributed by atoms with Gasteiger partial charge < -0.3 is 0 Å². The molecule has 0 bridgehead atoms. The van der Waals surface area contributed by atoms with Crippen LogP contribution in [0, 0.1) is 17.8 Å². The van der Waals surface area contributed by atoms with Crippen LogP contribution >= 0.6 is 0 Å². The first-order valence-corrected chi connectivity index (χ1v) is 9.90. The van der Waals surface area contributed by atoms with E-state index in [-0.39, 0.29) is 11.4 Å². The molecule has 0 amide bonds. The highest BCUT2D eigenvalue weighted by atomic mass is 32.2. The molecule has 1 N–H and O–H groups in total. The van der Waals surface area contributed by atoms with Crippen LogP contribution in [-0.4, -0.2) is 18.4 Å². The molecule has 5 nitrogen and oxygen atoms in total. The van der Waals surface area contributed by atoms with E-state index in [2.05, 4.69) is 26.5 Å². The van der Waals surface area contributed by atoms with Crippen molar-refractivity contribution in [2.75, 3.05) is 0 Å². The molecule has 1 fully saturated rings. The minimum absolute atomic E-state index is 0.177. The van der Waals surface area contributed by atoms with Gasteiger partial charge in [0.25, 0.3) is 0 Å². The summed E-state index contributed by atoms with van der Waals surface area (Å²) in [6, 6.07) is 12.2. The lowest BCUT2D eigenvalue weighted by atomic mass is 10.1. The van der Waals surface area contributed by atoms with Gasteiger partial charge in [-0.3, -0.25) is 0 Å². The van der Waals surface area contributed by atoms with Gasteiger partial charge in [0.2, 0.25) is 10.0 Å². The Hall–Kier alpha value is -2.75. The first-order valence-electron chi connectivity index (χ1n) is 8.42. The molecule has 2 aromatic heterocycles. The van der Waals surface area contributed by atoms with Crippen molar-refractivity contribution < 1.29 is 8.42 Å². The van der Waals surface area contributed by atoms with Crippen LogP contribution in [-0.2, 0) is 16.6 Å². The predicted molar refractivity (Wildman–Crippen MR) is 99.6 cm³/mol. The average Bonchev–Trinajstić information content (AvgIpc) is 3.49. The van der Waals surface area contributed by atoms with E-state index >= 15 is 0 Å². The van der Waals surface area contributed by atoms with Crippen LogP contribution in [0.3, 0.4) is 0 Å². The van der Waals surface area contributed by atoms with Gasteiger partial charge in [0.15, 0.2) is 5.65 Å². The number of pyridine rings is 2. The molecule has 0 atom stereocenters. The third-order valence-electron chi connectivity index (χ3n) is 4.22. The highest BCUT2D eigenvalue weighted by Gasteiger charge is 2.18. The highest BCUT2D eigenvalue weighted by Crippen LogP contribution is 2.27. The molecule has 0 radical (unpaired) electrons. The molecule has 130 valence electrons. The molecule has 26 heavy (non-hydrogen) atoms. The van der Waals surface area contributed by atoms with Crippen molar-refractivity contribution in [2.45, 2.75) is 24.3 Å². The molecule has 0 aliphatic heterocycles. The van der Waals surface area contributed by atoms with Crippen molar-refractivity contribution in [3.63, 3.8) is 0 Å². The number of benzene rings is 1. The molecular weight excluding hydrogens is 346 g/mol. The third kappa shape index (κ3) is 3.74. The molecule has 4 rings (SSSR count). The lowest BCUT2D eigenvalue weighted by molar-refractivity contribution is 0.581. The zero-order valence-electron chi connectivity index (χ0n) is 14.0. The SMILES string of the molecule is O=S(=O)(NCc1ccnc2ncccc12)c1ccc(C#CC2CC2)cc1. The normalized spacial score (nSPS) is 14.0. The summed E-state index contributed by atoms with van der Waals surface area (Å²) in [5.41, 5.74) is 2.27. The second-order valence-corrected chi connectivity index (χ2v) is 8.00. The second-order valence-electron chi connectivity index (χ2n) is 6.24. The van der Waals surface area contributed by atoms with Gasteiger partial charge in [0.05, 0.1) is 4.90 Å². The molecule has 1 aromatic carbocycles. The van der Waals surface area contributed by atoms with E-state index in [0.29, 0.717) is 11.6 Å². The molecule has 1 aliphatic carbocycles. The van der Waals surface area contributed by atoms with E-state index in [9.17, 15) is 8.42 Å². The van der Waals surface area contributed by atoms with Crippen LogP contribution in [0.5, 0.6) is 0 Å². The van der Waals surface area contributed by atoms with E-state index in [1.807, 2.05) is 12.1 Å². The maximum Gasteiger partial charge on any atom is 0.240 e. The summed E-state index contributed by atoms with van der Waals surface area (Å²) >= 11 is 0. The fourth-order valence-corrected chi connectivity index (χ4v) is 3.59. The first-order chi connectivity index (χ1) is 12.6. The summed E-state index contributed by atoms with van der Waals surface area (Å²) < 4.78 is 27.7. The Labute approximate surface area is 152 Å². The number of nitrogens with one attached hydrogen (secondary N) is 1. The number of fused-ring (bicyclic) bond motifs is 1. The monoisotopic (exact) mass is 363 g/mol. The fourth-order valence-electron chi connectivity index (χ4n) is 2.58. The van der Waals surface area contributed by atoms with Crippen LogP contribution in [0.1, 0.15) is 24.0 Å². The molecule has 2 heterocycles. The van der Waals surface area contributed by atoms with Gasteiger partial charge in [-0.15, -0.1) is 0 Å². The number of hydrogen-bond acceptors (Lipinski definition) is 4. The Bertz CT molecular complexity index is 1100. The van der Waals surface area contributed by atoms with Gasteiger partial charge in [0, 0.05) is 35.8 Å². The minimum Gasteiger partial charge on any atom is -0.237 e. The van der Waals surface area contributed by atoms with Crippen molar-refractivity contribution in [1.82, 2.24) is 14.7 Å². The lowest BCUT2D eigenvalue weighted by Gasteiger charge is -2.09. The Morgan fingerprint density at radius 3 is 2.58 bits per heavy atom. The van der Waals surface area contributed by atoms with E-state index in [0.717, 1.165) is 16.5 Å². The minimum atomic E-state index is -3.60. The molecular formula is C20H17N3O2S. The lowest BCUT2D eigenvalue weighted by Crippen LogP contribution is -2.23. The summed E-state index contributed by atoms with van der Waals surface area (Å²) in [7, 11) is -3.60. The smallest absolute Gasteiger partial charge is 0.237 e. The van der Waals surface area contributed by atoms with Gasteiger partial charge in [0.1, 0.15) is 0 Å². The van der Waals surface area contributed by atoms with Crippen molar-refractivity contribution in [3.05, 3.63) is 66.0 Å². The van der Waals surface area contributed by atoms with Crippen LogP contribution in [0.4, 0.5) is 0 Å². The Morgan fingerprint density at radius 2 is 1.81 bits per heavy atom. The fraction of sp³-hybridized carbons (Fsp3) is 0.200. The quantitative estimate of drug-likeness (QED) is 0.724. The summed E-state index contributed by atoms with van der Waals surface area (Å²) in [4.78, 5) is 8.60. The number of sulfonamides is 1. The van der Waals surface area contributed by atoms with Crippen LogP contribution < -0.4 is 4.72 Å². The Kier molecular flexibility index (Phi) is 4.41. The topological polar surface area (TPSA) is 72.0 Å². The summed E-state index contributed by atoms with van der Waals surface area (Å²) in [5, 5.41) is 0.836. The van der Waals surface area contributed by atoms with Gasteiger partial charge in [-0.25, -0.2) is 23.1 Å². The molecule has 1 aliphatic rings. The summed E-state index contributed by atoms with van der Waals surface area (Å²) in [6.45, 7) is 0.177. The molecule has 3 aromatic rings. The van der Waals surface area contributed by atoms with E-state index in [1.165, 1.54) is 12.8 Å². The van der Waals surface area contributed by atoms with Crippen molar-refractivity contribution in [3.8, 4) is 11.8 Å². The zero-order valence-corrected chi connectivity index (χ0v) is 14.8. The molecule has 0 saturated heterocycles. The standard InChI is InChI=1S/C20H17N3O2S/c24-26(25,18-9-7-16(8-10-18)6-5-15-3-4-15)23-14-17-11-13-22-20-19(17)2-1-12-21-20/h1-2,7-13,15,23H,3-4,14H2. The van der Waals surface area contributed by atoms with Crippen molar-refractivity contribution in [2.24, 2.45) is 5.92 Å². The van der Waals surface area contributed by atoms with E-state index in [1.54, 1.807) is 42.7 Å². The first kappa shape index (κ1) is 16.7. The summed E-state index contributed by atoms with van der Waals surface area (Å²) in [5.74, 6) is 6.77. The largest absolute Gasteiger partial charge is 0.240 e. The van der Waals surface area contributed by atoms with E-state index < -0.39 is 10.0 Å².